The van der Waals surface area contributed by atoms with Gasteiger partial charge in [-0.05, 0) is 54.4 Å². The summed E-state index contributed by atoms with van der Waals surface area (Å²) in [5.74, 6) is -0.626. The Labute approximate surface area is 176 Å². The fraction of sp³-hybridized carbons (Fsp3) is 0.143. The molecule has 3 rings (SSSR count). The molecule has 4 nitrogen and oxygen atoms in total. The van der Waals surface area contributed by atoms with Crippen LogP contribution in [0, 0.1) is 0 Å². The molecule has 0 aliphatic rings. The minimum Gasteiger partial charge on any atom is -0.506 e. The van der Waals surface area contributed by atoms with E-state index in [9.17, 15) is 26.7 Å². The molecule has 3 aromatic rings. The van der Waals surface area contributed by atoms with Crippen LogP contribution in [0.15, 0.2) is 70.5 Å². The van der Waals surface area contributed by atoms with Gasteiger partial charge in [-0.3, -0.25) is 0 Å². The Balaban J connectivity index is 1.88. The number of rotatable bonds is 5. The third-order valence-electron chi connectivity index (χ3n) is 4.35. The quantitative estimate of drug-likeness (QED) is 0.492. The van der Waals surface area contributed by atoms with Gasteiger partial charge in [0.05, 0.1) is 15.5 Å². The number of aromatic hydroxyl groups is 1. The highest BCUT2D eigenvalue weighted by atomic mass is 35.5. The molecule has 0 spiro atoms. The first-order chi connectivity index (χ1) is 14.0. The summed E-state index contributed by atoms with van der Waals surface area (Å²) < 4.78 is 69.2. The van der Waals surface area contributed by atoms with Crippen LogP contribution in [0.4, 0.5) is 13.2 Å². The van der Waals surface area contributed by atoms with E-state index in [0.717, 1.165) is 42.3 Å². The van der Waals surface area contributed by atoms with Crippen LogP contribution in [0.5, 0.6) is 17.2 Å². The topological polar surface area (TPSA) is 63.6 Å². The van der Waals surface area contributed by atoms with Crippen molar-refractivity contribution in [3.63, 3.8) is 0 Å². The second-order valence-corrected chi connectivity index (χ2v) is 8.70. The predicted octanol–water partition coefficient (Wildman–Crippen LogP) is 6.25. The highest BCUT2D eigenvalue weighted by molar-refractivity contribution is 7.91. The molecule has 0 bridgehead atoms. The Morgan fingerprint density at radius 2 is 1.67 bits per heavy atom. The molecule has 0 aliphatic carbocycles. The molecule has 3 aromatic carbocycles. The molecule has 0 amide bonds. The lowest BCUT2D eigenvalue weighted by molar-refractivity contribution is -0.137. The molecule has 0 aromatic heterocycles. The van der Waals surface area contributed by atoms with Crippen LogP contribution in [-0.2, 0) is 22.4 Å². The highest BCUT2D eigenvalue weighted by Gasteiger charge is 2.31. The number of alkyl halides is 3. The maximum Gasteiger partial charge on any atom is 0.416 e. The van der Waals surface area contributed by atoms with Crippen molar-refractivity contribution < 1.29 is 31.4 Å². The summed E-state index contributed by atoms with van der Waals surface area (Å²) in [4.78, 5) is -0.299. The summed E-state index contributed by atoms with van der Waals surface area (Å²) in [7, 11) is -3.97. The first-order valence-corrected chi connectivity index (χ1v) is 10.6. The van der Waals surface area contributed by atoms with Gasteiger partial charge < -0.3 is 9.84 Å². The molecule has 9 heteroatoms. The zero-order valence-electron chi connectivity index (χ0n) is 15.6. The number of benzene rings is 3. The average Bonchev–Trinajstić information content (AvgIpc) is 2.68. The Bertz CT molecular complexity index is 1170. The van der Waals surface area contributed by atoms with E-state index in [1.54, 1.807) is 12.1 Å². The maximum atomic E-state index is 12.8. The van der Waals surface area contributed by atoms with Crippen molar-refractivity contribution in [2.24, 2.45) is 0 Å². The molecular formula is C21H16ClF3O4S. The minimum atomic E-state index is -4.55. The van der Waals surface area contributed by atoms with Crippen LogP contribution in [0.3, 0.4) is 0 Å². The lowest BCUT2D eigenvalue weighted by Gasteiger charge is -2.12. The summed E-state index contributed by atoms with van der Waals surface area (Å²) in [6, 6.07) is 12.4. The Kier molecular flexibility index (Phi) is 6.01. The molecule has 0 atom stereocenters. The molecule has 1 N–H and O–H groups in total. The van der Waals surface area contributed by atoms with Gasteiger partial charge in [-0.2, -0.15) is 13.2 Å². The van der Waals surface area contributed by atoms with Gasteiger partial charge in [0.25, 0.3) is 0 Å². The van der Waals surface area contributed by atoms with E-state index >= 15 is 0 Å². The summed E-state index contributed by atoms with van der Waals surface area (Å²) >= 11 is 5.85. The third kappa shape index (κ3) is 4.55. The largest absolute Gasteiger partial charge is 0.506 e. The van der Waals surface area contributed by atoms with Gasteiger partial charge in [0, 0.05) is 6.07 Å². The number of aryl methyl sites for hydroxylation is 1. The van der Waals surface area contributed by atoms with Gasteiger partial charge in [-0.1, -0.05) is 30.7 Å². The Hall–Kier alpha value is -2.71. The summed E-state index contributed by atoms with van der Waals surface area (Å²) in [6.07, 6.45) is -3.80. The standard InChI is InChI=1S/C21H16ClF3O4S/c1-2-13-3-7-16(8-4-13)30(27,28)20-10-6-15(12-18(20)26)29-19-9-5-14(11-17(19)22)21(23,24)25/h3-12,26H,2H2,1H3. The van der Waals surface area contributed by atoms with Gasteiger partial charge >= 0.3 is 6.18 Å². The van der Waals surface area contributed by atoms with Crippen LogP contribution in [0.2, 0.25) is 5.02 Å². The van der Waals surface area contributed by atoms with Gasteiger partial charge in [0.1, 0.15) is 22.1 Å². The van der Waals surface area contributed by atoms with Gasteiger partial charge in [-0.15, -0.1) is 0 Å². The predicted molar refractivity (Wildman–Crippen MR) is 106 cm³/mol. The number of hydrogen-bond acceptors (Lipinski definition) is 4. The van der Waals surface area contributed by atoms with Crippen molar-refractivity contribution in [2.75, 3.05) is 0 Å². The minimum absolute atomic E-state index is 0.00874. The maximum absolute atomic E-state index is 12.8. The molecule has 0 aliphatic heterocycles. The molecule has 0 radical (unpaired) electrons. The molecule has 0 saturated heterocycles. The second-order valence-electron chi connectivity index (χ2n) is 6.38. The number of ether oxygens (including phenoxy) is 1. The van der Waals surface area contributed by atoms with Crippen molar-refractivity contribution in [1.82, 2.24) is 0 Å². The molecule has 30 heavy (non-hydrogen) atoms. The third-order valence-corrected chi connectivity index (χ3v) is 6.46. The van der Waals surface area contributed by atoms with E-state index in [0.29, 0.717) is 0 Å². The fourth-order valence-corrected chi connectivity index (χ4v) is 4.25. The first kappa shape index (κ1) is 22.0. The number of hydrogen-bond donors (Lipinski definition) is 1. The molecule has 0 unspecified atom stereocenters. The Morgan fingerprint density at radius 1 is 1.00 bits per heavy atom. The molecule has 0 saturated carbocycles. The van der Waals surface area contributed by atoms with Gasteiger partial charge in [0.2, 0.25) is 9.84 Å². The van der Waals surface area contributed by atoms with Crippen molar-refractivity contribution in [2.45, 2.75) is 29.3 Å². The number of sulfone groups is 1. The highest BCUT2D eigenvalue weighted by Crippen LogP contribution is 2.38. The number of phenolic OH excluding ortho intramolecular Hbond substituents is 1. The van der Waals surface area contributed by atoms with E-state index in [1.807, 2.05) is 6.92 Å². The Morgan fingerprint density at radius 3 is 2.20 bits per heavy atom. The van der Waals surface area contributed by atoms with Crippen LogP contribution < -0.4 is 4.74 Å². The molecule has 0 fully saturated rings. The van der Waals surface area contributed by atoms with Crippen molar-refractivity contribution in [3.05, 3.63) is 76.8 Å². The molecular weight excluding hydrogens is 441 g/mol. The van der Waals surface area contributed by atoms with E-state index < -0.39 is 27.3 Å². The van der Waals surface area contributed by atoms with Crippen molar-refractivity contribution in [3.8, 4) is 17.2 Å². The SMILES string of the molecule is CCc1ccc(S(=O)(=O)c2ccc(Oc3ccc(C(F)(F)F)cc3Cl)cc2O)cc1. The van der Waals surface area contributed by atoms with E-state index in [1.165, 1.54) is 18.2 Å². The van der Waals surface area contributed by atoms with E-state index in [-0.39, 0.29) is 26.3 Å². The average molecular weight is 457 g/mol. The van der Waals surface area contributed by atoms with Gasteiger partial charge in [0.15, 0.2) is 0 Å². The molecule has 0 heterocycles. The number of phenols is 1. The summed E-state index contributed by atoms with van der Waals surface area (Å²) in [6.45, 7) is 1.94. The zero-order valence-corrected chi connectivity index (χ0v) is 17.1. The summed E-state index contributed by atoms with van der Waals surface area (Å²) in [5.41, 5.74) is 0.0357. The number of halogens is 4. The van der Waals surface area contributed by atoms with Crippen molar-refractivity contribution >= 4 is 21.4 Å². The van der Waals surface area contributed by atoms with Crippen molar-refractivity contribution in [1.29, 1.82) is 0 Å². The van der Waals surface area contributed by atoms with Gasteiger partial charge in [-0.25, -0.2) is 8.42 Å². The zero-order chi connectivity index (χ0) is 22.1. The monoisotopic (exact) mass is 456 g/mol. The first-order valence-electron chi connectivity index (χ1n) is 8.74. The second kappa shape index (κ2) is 8.20. The van der Waals surface area contributed by atoms with Crippen LogP contribution in [0.1, 0.15) is 18.1 Å². The van der Waals surface area contributed by atoms with Crippen LogP contribution in [0.25, 0.3) is 0 Å². The van der Waals surface area contributed by atoms with E-state index in [2.05, 4.69) is 0 Å². The normalized spacial score (nSPS) is 12.0. The fourth-order valence-electron chi connectivity index (χ4n) is 2.71. The lowest BCUT2D eigenvalue weighted by Crippen LogP contribution is -2.04. The van der Waals surface area contributed by atoms with E-state index in [4.69, 9.17) is 16.3 Å². The molecule has 158 valence electrons. The van der Waals surface area contributed by atoms with Crippen LogP contribution >= 0.6 is 11.6 Å². The lowest BCUT2D eigenvalue weighted by atomic mass is 10.2. The van der Waals surface area contributed by atoms with Crippen LogP contribution in [-0.4, -0.2) is 13.5 Å². The smallest absolute Gasteiger partial charge is 0.416 e. The summed E-state index contributed by atoms with van der Waals surface area (Å²) in [5, 5.41) is 9.97.